The van der Waals surface area contributed by atoms with Gasteiger partial charge in [0.15, 0.2) is 0 Å². The molecule has 1 fully saturated rings. The monoisotopic (exact) mass is 322 g/mol. The van der Waals surface area contributed by atoms with Gasteiger partial charge in [0, 0.05) is 0 Å². The summed E-state index contributed by atoms with van der Waals surface area (Å²) in [5, 5.41) is 31.2. The fourth-order valence-corrected chi connectivity index (χ4v) is 5.28. The minimum Gasteiger partial charge on any atom is -0.390 e. The second-order valence-corrected chi connectivity index (χ2v) is 8.93. The molecule has 0 saturated heterocycles. The summed E-state index contributed by atoms with van der Waals surface area (Å²) in [5.74, 6) is 0.643. The van der Waals surface area contributed by atoms with Gasteiger partial charge >= 0.3 is 0 Å². The highest BCUT2D eigenvalue weighted by atomic mass is 16.3. The van der Waals surface area contributed by atoms with E-state index in [2.05, 4.69) is 40.3 Å². The second-order valence-electron chi connectivity index (χ2n) is 8.93. The van der Waals surface area contributed by atoms with Crippen molar-refractivity contribution >= 4 is 0 Å². The van der Waals surface area contributed by atoms with E-state index in [1.54, 1.807) is 13.0 Å². The quantitative estimate of drug-likeness (QED) is 0.695. The van der Waals surface area contributed by atoms with E-state index in [9.17, 15) is 15.3 Å². The van der Waals surface area contributed by atoms with Crippen LogP contribution in [0.3, 0.4) is 0 Å². The Labute approximate surface area is 141 Å². The average Bonchev–Trinajstić information content (AvgIpc) is 2.44. The first-order valence-electron chi connectivity index (χ1n) is 8.84. The fourth-order valence-electron chi connectivity index (χ4n) is 5.28. The van der Waals surface area contributed by atoms with Gasteiger partial charge in [-0.25, -0.2) is 0 Å². The maximum absolute atomic E-state index is 10.5. The van der Waals surface area contributed by atoms with Crippen molar-refractivity contribution in [2.75, 3.05) is 0 Å². The SMILES string of the molecule is C=C[C@@](C)(O)CC[C@@H]1C(C)=CC[C@@H]2C(C)(C)[C@@H](O)[C@@H](O)C[C@@]12C. The van der Waals surface area contributed by atoms with Gasteiger partial charge in [0.25, 0.3) is 0 Å². The number of aliphatic hydroxyl groups excluding tert-OH is 2. The van der Waals surface area contributed by atoms with Gasteiger partial charge in [-0.05, 0) is 62.2 Å². The minimum absolute atomic E-state index is 0.0573. The highest BCUT2D eigenvalue weighted by Crippen LogP contribution is 2.60. The lowest BCUT2D eigenvalue weighted by Gasteiger charge is -2.60. The van der Waals surface area contributed by atoms with Gasteiger partial charge in [-0.15, -0.1) is 6.58 Å². The first-order chi connectivity index (χ1) is 10.5. The molecule has 2 rings (SSSR count). The summed E-state index contributed by atoms with van der Waals surface area (Å²) in [5.41, 5.74) is 0.121. The van der Waals surface area contributed by atoms with E-state index in [0.29, 0.717) is 24.7 Å². The summed E-state index contributed by atoms with van der Waals surface area (Å²) < 4.78 is 0. The van der Waals surface area contributed by atoms with Gasteiger partial charge in [-0.1, -0.05) is 38.5 Å². The molecule has 0 aromatic heterocycles. The minimum atomic E-state index is -0.855. The van der Waals surface area contributed by atoms with Crippen molar-refractivity contribution in [3.63, 3.8) is 0 Å². The molecule has 3 heteroatoms. The molecule has 0 radical (unpaired) electrons. The van der Waals surface area contributed by atoms with Crippen LogP contribution in [0.15, 0.2) is 24.3 Å². The lowest BCUT2D eigenvalue weighted by molar-refractivity contribution is -0.175. The van der Waals surface area contributed by atoms with E-state index in [-0.39, 0.29) is 10.8 Å². The van der Waals surface area contributed by atoms with Crippen molar-refractivity contribution in [2.45, 2.75) is 78.1 Å². The van der Waals surface area contributed by atoms with Crippen LogP contribution < -0.4 is 0 Å². The largest absolute Gasteiger partial charge is 0.390 e. The molecule has 0 heterocycles. The lowest BCUT2D eigenvalue weighted by atomic mass is 9.46. The molecule has 0 aliphatic heterocycles. The smallest absolute Gasteiger partial charge is 0.0853 e. The van der Waals surface area contributed by atoms with Crippen LogP contribution in [0.2, 0.25) is 0 Å². The van der Waals surface area contributed by atoms with Gasteiger partial charge in [0.2, 0.25) is 0 Å². The number of allylic oxidation sites excluding steroid dienone is 2. The molecule has 23 heavy (non-hydrogen) atoms. The van der Waals surface area contributed by atoms with Crippen molar-refractivity contribution in [3.05, 3.63) is 24.3 Å². The summed E-state index contributed by atoms with van der Waals surface area (Å²) >= 11 is 0. The van der Waals surface area contributed by atoms with Crippen molar-refractivity contribution in [3.8, 4) is 0 Å². The van der Waals surface area contributed by atoms with E-state index in [1.807, 2.05) is 0 Å². The van der Waals surface area contributed by atoms with E-state index >= 15 is 0 Å². The van der Waals surface area contributed by atoms with E-state index < -0.39 is 17.8 Å². The van der Waals surface area contributed by atoms with Crippen molar-refractivity contribution in [1.29, 1.82) is 0 Å². The number of rotatable bonds is 4. The molecular weight excluding hydrogens is 288 g/mol. The summed E-state index contributed by atoms with van der Waals surface area (Å²) in [6, 6.07) is 0. The number of fused-ring (bicyclic) bond motifs is 1. The zero-order valence-corrected chi connectivity index (χ0v) is 15.3. The Morgan fingerprint density at radius 1 is 1.35 bits per heavy atom. The maximum atomic E-state index is 10.5. The molecular formula is C20H34O3. The third-order valence-corrected chi connectivity index (χ3v) is 6.87. The fraction of sp³-hybridized carbons (Fsp3) is 0.800. The second kappa shape index (κ2) is 6.02. The maximum Gasteiger partial charge on any atom is 0.0853 e. The summed E-state index contributed by atoms with van der Waals surface area (Å²) in [7, 11) is 0. The lowest BCUT2D eigenvalue weighted by Crippen LogP contribution is -2.59. The zero-order chi connectivity index (χ0) is 17.6. The zero-order valence-electron chi connectivity index (χ0n) is 15.3. The molecule has 0 amide bonds. The van der Waals surface area contributed by atoms with E-state index in [1.165, 1.54) is 5.57 Å². The standard InChI is InChI=1S/C20H34O3/c1-7-19(5,23)11-10-14-13(2)8-9-16-18(3,4)17(22)15(21)12-20(14,16)6/h7-8,14-17,21-23H,1,9-12H2,2-6H3/t14-,15+,16-,17+,19-,20+/m1/s1. The Hall–Kier alpha value is -0.640. The summed E-state index contributed by atoms with van der Waals surface area (Å²) in [6.07, 6.45) is 5.65. The summed E-state index contributed by atoms with van der Waals surface area (Å²) in [6.45, 7) is 14.1. The highest BCUT2D eigenvalue weighted by molar-refractivity contribution is 5.20. The molecule has 1 saturated carbocycles. The van der Waals surface area contributed by atoms with Gasteiger partial charge in [0.05, 0.1) is 17.8 Å². The molecule has 3 nitrogen and oxygen atoms in total. The molecule has 0 spiro atoms. The average molecular weight is 322 g/mol. The van der Waals surface area contributed by atoms with Crippen LogP contribution in [0.4, 0.5) is 0 Å². The van der Waals surface area contributed by atoms with Crippen molar-refractivity contribution in [2.24, 2.45) is 22.7 Å². The Balaban J connectivity index is 2.33. The van der Waals surface area contributed by atoms with Gasteiger partial charge < -0.3 is 15.3 Å². The topological polar surface area (TPSA) is 60.7 Å². The Morgan fingerprint density at radius 2 is 1.96 bits per heavy atom. The van der Waals surface area contributed by atoms with Crippen molar-refractivity contribution in [1.82, 2.24) is 0 Å². The first kappa shape index (κ1) is 18.7. The predicted molar refractivity (Wildman–Crippen MR) is 93.9 cm³/mol. The van der Waals surface area contributed by atoms with Crippen LogP contribution in [0, 0.1) is 22.7 Å². The van der Waals surface area contributed by atoms with Crippen molar-refractivity contribution < 1.29 is 15.3 Å². The van der Waals surface area contributed by atoms with E-state index in [0.717, 1.165) is 12.8 Å². The third-order valence-electron chi connectivity index (χ3n) is 6.87. The molecule has 2 aliphatic carbocycles. The van der Waals surface area contributed by atoms with Crippen LogP contribution in [0.1, 0.15) is 60.3 Å². The van der Waals surface area contributed by atoms with Crippen LogP contribution in [0.5, 0.6) is 0 Å². The molecule has 0 bridgehead atoms. The molecule has 0 unspecified atom stereocenters. The molecule has 0 aromatic rings. The highest BCUT2D eigenvalue weighted by Gasteiger charge is 2.57. The van der Waals surface area contributed by atoms with Crippen LogP contribution in [-0.4, -0.2) is 33.1 Å². The number of hydrogen-bond acceptors (Lipinski definition) is 3. The van der Waals surface area contributed by atoms with Crippen LogP contribution in [-0.2, 0) is 0 Å². The van der Waals surface area contributed by atoms with Crippen LogP contribution in [0.25, 0.3) is 0 Å². The summed E-state index contributed by atoms with van der Waals surface area (Å²) in [4.78, 5) is 0. The first-order valence-corrected chi connectivity index (χ1v) is 8.84. The molecule has 3 N–H and O–H groups in total. The van der Waals surface area contributed by atoms with Gasteiger partial charge in [0.1, 0.15) is 0 Å². The van der Waals surface area contributed by atoms with Crippen LogP contribution >= 0.6 is 0 Å². The third kappa shape index (κ3) is 3.16. The molecule has 132 valence electrons. The van der Waals surface area contributed by atoms with Gasteiger partial charge in [-0.2, -0.15) is 0 Å². The van der Waals surface area contributed by atoms with Gasteiger partial charge in [-0.3, -0.25) is 0 Å². The molecule has 6 atom stereocenters. The predicted octanol–water partition coefficient (Wildman–Crippen LogP) is 3.44. The normalized spacial score (nSPS) is 42.3. The number of hydrogen-bond donors (Lipinski definition) is 3. The van der Waals surface area contributed by atoms with E-state index in [4.69, 9.17) is 0 Å². The Bertz CT molecular complexity index is 491. The molecule has 0 aromatic carbocycles. The number of aliphatic hydroxyl groups is 3. The Morgan fingerprint density at radius 3 is 2.52 bits per heavy atom. The molecule has 2 aliphatic rings. The Kier molecular flexibility index (Phi) is 4.89.